The van der Waals surface area contributed by atoms with Crippen LogP contribution in [0, 0.1) is 0 Å². The average molecular weight is 264 g/mol. The lowest BCUT2D eigenvalue weighted by atomic mass is 10.1. The van der Waals surface area contributed by atoms with E-state index in [1.807, 2.05) is 6.92 Å². The summed E-state index contributed by atoms with van der Waals surface area (Å²) in [6.07, 6.45) is 3.81. The number of carbonyl (C=O) groups excluding carboxylic acids is 1. The van der Waals surface area contributed by atoms with Gasteiger partial charge in [-0.25, -0.2) is 0 Å². The summed E-state index contributed by atoms with van der Waals surface area (Å²) in [5, 5.41) is 2.79. The zero-order valence-corrected chi connectivity index (χ0v) is 11.5. The zero-order chi connectivity index (χ0) is 13.8. The third kappa shape index (κ3) is 2.64. The molecule has 0 saturated carbocycles. The maximum Gasteiger partial charge on any atom is 0.256 e. The first-order valence-electron chi connectivity index (χ1n) is 6.78. The smallest absolute Gasteiger partial charge is 0.256 e. The molecular formula is C14H20N2O3. The molecule has 0 unspecified atom stereocenters. The Kier molecular flexibility index (Phi) is 4.24. The Morgan fingerprint density at radius 3 is 2.89 bits per heavy atom. The van der Waals surface area contributed by atoms with Crippen LogP contribution in [-0.4, -0.2) is 24.1 Å². The van der Waals surface area contributed by atoms with Crippen molar-refractivity contribution in [3.05, 3.63) is 27.7 Å². The van der Waals surface area contributed by atoms with Crippen molar-refractivity contribution in [1.82, 2.24) is 9.88 Å². The highest BCUT2D eigenvalue weighted by atomic mass is 16.5. The van der Waals surface area contributed by atoms with Crippen LogP contribution in [0.1, 0.15) is 42.2 Å². The first-order valence-corrected chi connectivity index (χ1v) is 6.78. The Morgan fingerprint density at radius 2 is 2.21 bits per heavy atom. The van der Waals surface area contributed by atoms with E-state index in [1.54, 1.807) is 4.57 Å². The number of carbonyl (C=O) groups is 1. The first-order chi connectivity index (χ1) is 9.19. The van der Waals surface area contributed by atoms with Gasteiger partial charge in [-0.2, -0.15) is 0 Å². The quantitative estimate of drug-likeness (QED) is 0.896. The molecule has 0 aromatic carbocycles. The summed E-state index contributed by atoms with van der Waals surface area (Å²) in [5.74, 6) is 0.217. The van der Waals surface area contributed by atoms with Gasteiger partial charge >= 0.3 is 0 Å². The molecule has 0 atom stereocenters. The fraction of sp³-hybridized carbons (Fsp3) is 0.571. The molecule has 2 rings (SSSR count). The molecule has 1 aliphatic rings. The van der Waals surface area contributed by atoms with Crippen molar-refractivity contribution < 1.29 is 9.53 Å². The van der Waals surface area contributed by atoms with Crippen LogP contribution in [0.3, 0.4) is 0 Å². The van der Waals surface area contributed by atoms with Crippen LogP contribution in [0.25, 0.3) is 0 Å². The van der Waals surface area contributed by atoms with E-state index in [1.165, 1.54) is 13.2 Å². The second-order valence-corrected chi connectivity index (χ2v) is 4.69. The SMILES string of the molecule is CCNC(=O)c1c(OC)cc(=O)n2c1CCCCC2. The molecule has 1 N–H and O–H groups in total. The van der Waals surface area contributed by atoms with Gasteiger partial charge in [0.25, 0.3) is 11.5 Å². The van der Waals surface area contributed by atoms with E-state index < -0.39 is 0 Å². The van der Waals surface area contributed by atoms with Gasteiger partial charge in [0.2, 0.25) is 0 Å². The summed E-state index contributed by atoms with van der Waals surface area (Å²) in [4.78, 5) is 24.3. The molecule has 1 amide bonds. The molecule has 0 fully saturated rings. The van der Waals surface area contributed by atoms with Gasteiger partial charge in [-0.05, 0) is 26.2 Å². The summed E-state index contributed by atoms with van der Waals surface area (Å²) in [7, 11) is 1.49. The maximum absolute atomic E-state index is 12.2. The minimum absolute atomic E-state index is 0.0817. The molecule has 1 aromatic rings. The van der Waals surface area contributed by atoms with Crippen LogP contribution in [0.2, 0.25) is 0 Å². The van der Waals surface area contributed by atoms with E-state index in [4.69, 9.17) is 4.74 Å². The molecule has 0 bridgehead atoms. The number of ether oxygens (including phenoxy) is 1. The molecule has 0 saturated heterocycles. The number of hydrogen-bond donors (Lipinski definition) is 1. The van der Waals surface area contributed by atoms with Gasteiger partial charge in [0, 0.05) is 24.8 Å². The van der Waals surface area contributed by atoms with Crippen molar-refractivity contribution in [3.8, 4) is 5.75 Å². The molecular weight excluding hydrogens is 244 g/mol. The lowest BCUT2D eigenvalue weighted by Crippen LogP contribution is -2.30. The van der Waals surface area contributed by atoms with Crippen molar-refractivity contribution in [2.75, 3.05) is 13.7 Å². The van der Waals surface area contributed by atoms with E-state index in [0.29, 0.717) is 24.4 Å². The van der Waals surface area contributed by atoms with Crippen molar-refractivity contribution in [2.45, 2.75) is 39.2 Å². The number of nitrogens with one attached hydrogen (secondary N) is 1. The third-order valence-electron chi connectivity index (χ3n) is 3.46. The molecule has 1 aliphatic heterocycles. The van der Waals surface area contributed by atoms with Gasteiger partial charge in [0.15, 0.2) is 0 Å². The largest absolute Gasteiger partial charge is 0.496 e. The fourth-order valence-electron chi connectivity index (χ4n) is 2.57. The predicted octanol–water partition coefficient (Wildman–Crippen LogP) is 1.33. The van der Waals surface area contributed by atoms with Crippen LogP contribution >= 0.6 is 0 Å². The molecule has 1 aromatic heterocycles. The molecule has 5 heteroatoms. The molecule has 0 spiro atoms. The van der Waals surface area contributed by atoms with Gasteiger partial charge in [-0.15, -0.1) is 0 Å². The molecule has 2 heterocycles. The Balaban J connectivity index is 2.61. The van der Waals surface area contributed by atoms with Crippen LogP contribution < -0.4 is 15.6 Å². The number of methoxy groups -OCH3 is 1. The van der Waals surface area contributed by atoms with E-state index in [2.05, 4.69) is 5.32 Å². The average Bonchev–Trinajstić information content (AvgIpc) is 2.64. The molecule has 0 radical (unpaired) electrons. The summed E-state index contributed by atoms with van der Waals surface area (Å²) in [5.41, 5.74) is 1.25. The highest BCUT2D eigenvalue weighted by molar-refractivity contribution is 5.98. The third-order valence-corrected chi connectivity index (χ3v) is 3.46. The van der Waals surface area contributed by atoms with Gasteiger partial charge in [0.1, 0.15) is 11.3 Å². The van der Waals surface area contributed by atoms with E-state index >= 15 is 0 Å². The van der Waals surface area contributed by atoms with Gasteiger partial charge in [0.05, 0.1) is 7.11 Å². The molecule has 5 nitrogen and oxygen atoms in total. The van der Waals surface area contributed by atoms with E-state index in [9.17, 15) is 9.59 Å². The number of pyridine rings is 1. The molecule has 0 aliphatic carbocycles. The Labute approximate surface area is 112 Å². The van der Waals surface area contributed by atoms with Gasteiger partial charge in [-0.1, -0.05) is 6.42 Å². The standard InChI is InChI=1S/C14H20N2O3/c1-3-15-14(18)13-10-7-5-4-6-8-16(10)12(17)9-11(13)19-2/h9H,3-8H2,1-2H3,(H,15,18). The topological polar surface area (TPSA) is 60.3 Å². The Hall–Kier alpha value is -1.78. The van der Waals surface area contributed by atoms with Crippen LogP contribution in [0.4, 0.5) is 0 Å². The zero-order valence-electron chi connectivity index (χ0n) is 11.5. The van der Waals surface area contributed by atoms with E-state index in [-0.39, 0.29) is 11.5 Å². The number of nitrogens with zero attached hydrogens (tertiary/aromatic N) is 1. The van der Waals surface area contributed by atoms with Crippen molar-refractivity contribution in [1.29, 1.82) is 0 Å². The lowest BCUT2D eigenvalue weighted by Gasteiger charge is -2.17. The summed E-state index contributed by atoms with van der Waals surface area (Å²) >= 11 is 0. The number of aromatic nitrogens is 1. The monoisotopic (exact) mass is 264 g/mol. The number of amides is 1. The summed E-state index contributed by atoms with van der Waals surface area (Å²) < 4.78 is 6.95. The second kappa shape index (κ2) is 5.91. The van der Waals surface area contributed by atoms with Crippen LogP contribution in [0.15, 0.2) is 10.9 Å². The number of rotatable bonds is 3. The van der Waals surface area contributed by atoms with Crippen LogP contribution in [0.5, 0.6) is 5.75 Å². The normalized spacial score (nSPS) is 14.4. The lowest BCUT2D eigenvalue weighted by molar-refractivity contribution is 0.0950. The fourth-order valence-corrected chi connectivity index (χ4v) is 2.57. The summed E-state index contributed by atoms with van der Waals surface area (Å²) in [6, 6.07) is 1.42. The minimum atomic E-state index is -0.162. The van der Waals surface area contributed by atoms with Gasteiger partial charge < -0.3 is 14.6 Å². The summed E-state index contributed by atoms with van der Waals surface area (Å²) in [6.45, 7) is 3.11. The predicted molar refractivity (Wildman–Crippen MR) is 72.8 cm³/mol. The minimum Gasteiger partial charge on any atom is -0.496 e. The van der Waals surface area contributed by atoms with Crippen molar-refractivity contribution in [2.24, 2.45) is 0 Å². The molecule has 19 heavy (non-hydrogen) atoms. The van der Waals surface area contributed by atoms with Crippen molar-refractivity contribution >= 4 is 5.91 Å². The Morgan fingerprint density at radius 1 is 1.42 bits per heavy atom. The van der Waals surface area contributed by atoms with Crippen LogP contribution in [-0.2, 0) is 13.0 Å². The number of fused-ring (bicyclic) bond motifs is 1. The number of hydrogen-bond acceptors (Lipinski definition) is 3. The van der Waals surface area contributed by atoms with Crippen molar-refractivity contribution in [3.63, 3.8) is 0 Å². The first kappa shape index (κ1) is 13.6. The Bertz CT molecular complexity index is 534. The van der Waals surface area contributed by atoms with E-state index in [0.717, 1.165) is 31.4 Å². The second-order valence-electron chi connectivity index (χ2n) is 4.69. The molecule has 104 valence electrons. The highest BCUT2D eigenvalue weighted by Crippen LogP contribution is 2.24. The highest BCUT2D eigenvalue weighted by Gasteiger charge is 2.22. The van der Waals surface area contributed by atoms with Gasteiger partial charge in [-0.3, -0.25) is 9.59 Å². The maximum atomic E-state index is 12.2.